The van der Waals surface area contributed by atoms with Crippen molar-refractivity contribution in [2.24, 2.45) is 11.5 Å². The lowest BCUT2D eigenvalue weighted by Gasteiger charge is -2.04. The van der Waals surface area contributed by atoms with Gasteiger partial charge in [0.05, 0.1) is 6.17 Å². The van der Waals surface area contributed by atoms with Crippen LogP contribution in [-0.4, -0.2) is 28.3 Å². The average Bonchev–Trinajstić information content (AvgIpc) is 2.62. The lowest BCUT2D eigenvalue weighted by Crippen LogP contribution is -2.29. The highest BCUT2D eigenvalue weighted by Gasteiger charge is 1.98. The topological polar surface area (TPSA) is 127 Å². The highest BCUT2D eigenvalue weighted by Crippen LogP contribution is 2.10. The summed E-state index contributed by atoms with van der Waals surface area (Å²) in [5, 5.41) is 16.8. The Morgan fingerprint density at radius 1 is 0.607 bits per heavy atom. The van der Waals surface area contributed by atoms with Gasteiger partial charge in [0.15, 0.2) is 0 Å². The van der Waals surface area contributed by atoms with Gasteiger partial charge in [-0.05, 0) is 19.3 Å². The Bertz CT molecular complexity index is 327. The zero-order valence-corrected chi connectivity index (χ0v) is 18.2. The van der Waals surface area contributed by atoms with Crippen LogP contribution in [0.1, 0.15) is 122 Å². The van der Waals surface area contributed by atoms with Crippen molar-refractivity contribution in [3.05, 3.63) is 0 Å². The van der Waals surface area contributed by atoms with Crippen LogP contribution in [0.15, 0.2) is 0 Å². The Balaban J connectivity index is 0. The van der Waals surface area contributed by atoms with Gasteiger partial charge in [0.2, 0.25) is 0 Å². The van der Waals surface area contributed by atoms with Gasteiger partial charge in [-0.2, -0.15) is 0 Å². The molecule has 0 aliphatic carbocycles. The Morgan fingerprint density at radius 3 is 1.25 bits per heavy atom. The number of hydrogen-bond acceptors (Lipinski definition) is 4. The van der Waals surface area contributed by atoms with E-state index < -0.39 is 11.9 Å². The van der Waals surface area contributed by atoms with Crippen LogP contribution in [0.2, 0.25) is 0 Å². The number of rotatable bonds is 19. The molecule has 28 heavy (non-hydrogen) atoms. The van der Waals surface area contributed by atoms with Crippen LogP contribution in [0.25, 0.3) is 0 Å². The summed E-state index contributed by atoms with van der Waals surface area (Å²) in [5.41, 5.74) is 10.9. The first kappa shape index (κ1) is 29.1. The second kappa shape index (κ2) is 23.9. The van der Waals surface area contributed by atoms with Crippen molar-refractivity contribution >= 4 is 11.9 Å². The predicted octanol–water partition coefficient (Wildman–Crippen LogP) is 5.43. The van der Waals surface area contributed by atoms with Crippen molar-refractivity contribution in [3.8, 4) is 0 Å². The van der Waals surface area contributed by atoms with E-state index in [0.29, 0.717) is 0 Å². The van der Waals surface area contributed by atoms with Gasteiger partial charge < -0.3 is 21.7 Å². The molecule has 0 unspecified atom stereocenters. The van der Waals surface area contributed by atoms with Crippen molar-refractivity contribution in [2.45, 2.75) is 129 Å². The maximum atomic E-state index is 10.2. The molecule has 0 saturated carbocycles. The standard InChI is InChI=1S/C12H22O4.C10H24N2/c13-11(14)9-7-5-3-1-2-4-6-8-10-12(15)16;1-2-3-4-5-6-7-8-9-10(11)12/h1-10H2,(H,13,14)(H,15,16);10H,2-9,11-12H2,1H3. The zero-order chi connectivity index (χ0) is 21.5. The van der Waals surface area contributed by atoms with Crippen LogP contribution in [0.5, 0.6) is 0 Å². The van der Waals surface area contributed by atoms with E-state index in [1.54, 1.807) is 0 Å². The van der Waals surface area contributed by atoms with E-state index in [-0.39, 0.29) is 19.0 Å². The lowest BCUT2D eigenvalue weighted by molar-refractivity contribution is -0.138. The number of hydrogen-bond donors (Lipinski definition) is 4. The van der Waals surface area contributed by atoms with Crippen LogP contribution in [0.3, 0.4) is 0 Å². The van der Waals surface area contributed by atoms with E-state index in [2.05, 4.69) is 6.92 Å². The summed E-state index contributed by atoms with van der Waals surface area (Å²) >= 11 is 0. The largest absolute Gasteiger partial charge is 0.481 e. The highest BCUT2D eigenvalue weighted by molar-refractivity contribution is 5.66. The Kier molecular flexibility index (Phi) is 24.8. The maximum Gasteiger partial charge on any atom is 0.303 e. The summed E-state index contributed by atoms with van der Waals surface area (Å²) in [6, 6.07) is 0. The first-order chi connectivity index (χ1) is 13.4. The minimum Gasteiger partial charge on any atom is -0.481 e. The van der Waals surface area contributed by atoms with Crippen LogP contribution in [0.4, 0.5) is 0 Å². The molecule has 0 heterocycles. The highest BCUT2D eigenvalue weighted by atomic mass is 16.4. The molecular formula is C22H46N2O4. The number of nitrogens with two attached hydrogens (primary N) is 2. The number of unbranched alkanes of at least 4 members (excludes halogenated alkanes) is 13. The van der Waals surface area contributed by atoms with Gasteiger partial charge in [0.25, 0.3) is 0 Å². The molecule has 0 spiro atoms. The van der Waals surface area contributed by atoms with Crippen molar-refractivity contribution < 1.29 is 19.8 Å². The van der Waals surface area contributed by atoms with Crippen molar-refractivity contribution in [1.29, 1.82) is 0 Å². The lowest BCUT2D eigenvalue weighted by atomic mass is 10.1. The summed E-state index contributed by atoms with van der Waals surface area (Å²) in [6.45, 7) is 2.24. The minimum absolute atomic E-state index is 0.0966. The monoisotopic (exact) mass is 402 g/mol. The smallest absolute Gasteiger partial charge is 0.303 e. The van der Waals surface area contributed by atoms with E-state index in [1.807, 2.05) is 0 Å². The third-order valence-corrected chi connectivity index (χ3v) is 4.67. The maximum absolute atomic E-state index is 10.2. The number of carbonyl (C=O) groups is 2. The summed E-state index contributed by atoms with van der Waals surface area (Å²) in [7, 11) is 0. The molecule has 0 aromatic heterocycles. The normalized spacial score (nSPS) is 10.6. The molecule has 6 heteroatoms. The molecule has 168 valence electrons. The van der Waals surface area contributed by atoms with Crippen molar-refractivity contribution in [2.75, 3.05) is 0 Å². The van der Waals surface area contributed by atoms with Gasteiger partial charge in [-0.25, -0.2) is 0 Å². The molecule has 0 fully saturated rings. The van der Waals surface area contributed by atoms with E-state index in [9.17, 15) is 9.59 Å². The SMILES string of the molecule is CCCCCCCCCC(N)N.O=C(O)CCCCCCCCCCC(=O)O. The van der Waals surface area contributed by atoms with Crippen LogP contribution < -0.4 is 11.5 Å². The zero-order valence-electron chi connectivity index (χ0n) is 18.2. The molecule has 6 nitrogen and oxygen atoms in total. The molecule has 0 rings (SSSR count). The fourth-order valence-corrected chi connectivity index (χ4v) is 2.95. The third kappa shape index (κ3) is 32.5. The molecule has 0 aromatic rings. The van der Waals surface area contributed by atoms with Gasteiger partial charge in [-0.15, -0.1) is 0 Å². The molecular weight excluding hydrogens is 356 g/mol. The summed E-state index contributed by atoms with van der Waals surface area (Å²) in [4.78, 5) is 20.4. The molecule has 0 atom stereocenters. The van der Waals surface area contributed by atoms with Gasteiger partial charge in [0, 0.05) is 12.8 Å². The summed E-state index contributed by atoms with van der Waals surface area (Å²) in [6.07, 6.45) is 18.7. The van der Waals surface area contributed by atoms with Crippen molar-refractivity contribution in [1.82, 2.24) is 0 Å². The van der Waals surface area contributed by atoms with Gasteiger partial charge in [-0.3, -0.25) is 9.59 Å². The number of carboxylic acids is 2. The fraction of sp³-hybridized carbons (Fsp3) is 0.909. The van der Waals surface area contributed by atoms with Crippen LogP contribution >= 0.6 is 0 Å². The molecule has 0 amide bonds. The van der Waals surface area contributed by atoms with E-state index in [1.165, 1.54) is 44.9 Å². The third-order valence-electron chi connectivity index (χ3n) is 4.67. The van der Waals surface area contributed by atoms with Crippen molar-refractivity contribution in [3.63, 3.8) is 0 Å². The van der Waals surface area contributed by atoms with E-state index in [4.69, 9.17) is 21.7 Å². The molecule has 0 bridgehead atoms. The first-order valence-corrected chi connectivity index (χ1v) is 11.3. The molecule has 0 aliphatic rings. The summed E-state index contributed by atoms with van der Waals surface area (Å²) < 4.78 is 0. The fourth-order valence-electron chi connectivity index (χ4n) is 2.95. The van der Waals surface area contributed by atoms with E-state index >= 15 is 0 Å². The second-order valence-electron chi connectivity index (χ2n) is 7.69. The van der Waals surface area contributed by atoms with Crippen LogP contribution in [0, 0.1) is 0 Å². The molecule has 6 N–H and O–H groups in total. The van der Waals surface area contributed by atoms with Gasteiger partial charge in [0.1, 0.15) is 0 Å². The number of aliphatic carboxylic acids is 2. The minimum atomic E-state index is -0.714. The Labute approximate surface area is 172 Å². The molecule has 0 aromatic carbocycles. The molecule has 0 radical (unpaired) electrons. The van der Waals surface area contributed by atoms with E-state index in [0.717, 1.165) is 57.8 Å². The van der Waals surface area contributed by atoms with Crippen LogP contribution in [-0.2, 0) is 9.59 Å². The second-order valence-corrected chi connectivity index (χ2v) is 7.69. The van der Waals surface area contributed by atoms with Gasteiger partial charge >= 0.3 is 11.9 Å². The van der Waals surface area contributed by atoms with Gasteiger partial charge in [-0.1, -0.05) is 90.4 Å². The number of carboxylic acid groups (broad SMARTS) is 2. The first-order valence-electron chi connectivity index (χ1n) is 11.3. The Hall–Kier alpha value is -1.14. The molecule has 0 aliphatic heterocycles. The average molecular weight is 403 g/mol. The molecule has 0 saturated heterocycles. The Morgan fingerprint density at radius 2 is 0.929 bits per heavy atom. The quantitative estimate of drug-likeness (QED) is 0.169. The summed E-state index contributed by atoms with van der Waals surface area (Å²) in [5.74, 6) is -1.43. The predicted molar refractivity (Wildman–Crippen MR) is 116 cm³/mol.